The Morgan fingerprint density at radius 2 is 2.18 bits per heavy atom. The van der Waals surface area contributed by atoms with E-state index in [1.54, 1.807) is 0 Å². The zero-order valence-electron chi connectivity index (χ0n) is 12.2. The molecule has 6 nitrogen and oxygen atoms in total. The maximum Gasteiger partial charge on any atom is 0.264 e. The van der Waals surface area contributed by atoms with E-state index in [1.807, 2.05) is 24.3 Å². The van der Waals surface area contributed by atoms with Crippen LogP contribution < -0.4 is 10.1 Å². The quantitative estimate of drug-likeness (QED) is 0.866. The highest BCUT2D eigenvalue weighted by Crippen LogP contribution is 2.19. The van der Waals surface area contributed by atoms with Gasteiger partial charge in [0.2, 0.25) is 0 Å². The third kappa shape index (κ3) is 4.19. The summed E-state index contributed by atoms with van der Waals surface area (Å²) in [5.41, 5.74) is 0. The van der Waals surface area contributed by atoms with Crippen LogP contribution in [0.1, 0.15) is 17.8 Å². The Bertz CT molecular complexity index is 593. The highest BCUT2D eigenvalue weighted by Gasteiger charge is 2.25. The maximum atomic E-state index is 5.63. The van der Waals surface area contributed by atoms with Crippen LogP contribution in [0, 0.1) is 0 Å². The fourth-order valence-corrected chi connectivity index (χ4v) is 2.50. The predicted molar refractivity (Wildman–Crippen MR) is 88.3 cm³/mol. The first-order chi connectivity index (χ1) is 10.2. The molecule has 0 radical (unpaired) electrons. The van der Waals surface area contributed by atoms with Crippen molar-refractivity contribution >= 4 is 28.3 Å². The van der Waals surface area contributed by atoms with Gasteiger partial charge in [0.25, 0.3) is 5.89 Å². The van der Waals surface area contributed by atoms with Gasteiger partial charge in [-0.2, -0.15) is 4.98 Å². The Hall–Kier alpha value is -1.15. The zero-order valence-corrected chi connectivity index (χ0v) is 14.6. The fourth-order valence-electron chi connectivity index (χ4n) is 2.23. The molecule has 1 aliphatic rings. The van der Waals surface area contributed by atoms with Gasteiger partial charge in [0, 0.05) is 24.1 Å². The van der Waals surface area contributed by atoms with E-state index in [0.29, 0.717) is 11.7 Å². The number of nitrogens with zero attached hydrogens (tertiary/aromatic N) is 3. The van der Waals surface area contributed by atoms with E-state index < -0.39 is 0 Å². The standard InChI is InChI=1S/C14H17BrN4O2.ClH/c1-19-7-6-16-8-12(19)14-17-13(21-18-14)9-20-11-4-2-10(15)3-5-11;/h2-5,12,16H,6-9H2,1H3;1H. The van der Waals surface area contributed by atoms with Crippen LogP contribution in [0.15, 0.2) is 33.3 Å². The average Bonchev–Trinajstić information content (AvgIpc) is 2.96. The number of piperazine rings is 1. The van der Waals surface area contributed by atoms with Gasteiger partial charge >= 0.3 is 0 Å². The molecule has 3 rings (SSSR count). The lowest BCUT2D eigenvalue weighted by Gasteiger charge is -2.30. The molecule has 1 atom stereocenters. The highest BCUT2D eigenvalue weighted by atomic mass is 79.9. The van der Waals surface area contributed by atoms with Crippen LogP contribution in [0.2, 0.25) is 0 Å². The number of benzene rings is 1. The average molecular weight is 390 g/mol. The van der Waals surface area contributed by atoms with Crippen molar-refractivity contribution < 1.29 is 9.26 Å². The summed E-state index contributed by atoms with van der Waals surface area (Å²) in [6.45, 7) is 3.08. The molecule has 1 unspecified atom stereocenters. The van der Waals surface area contributed by atoms with Gasteiger partial charge < -0.3 is 14.6 Å². The number of ether oxygens (including phenoxy) is 1. The molecule has 2 aromatic rings. The van der Waals surface area contributed by atoms with Gasteiger partial charge in [0.05, 0.1) is 6.04 Å². The van der Waals surface area contributed by atoms with Crippen LogP contribution in [0.3, 0.4) is 0 Å². The summed E-state index contributed by atoms with van der Waals surface area (Å²) in [6, 6.07) is 7.79. The van der Waals surface area contributed by atoms with Gasteiger partial charge in [-0.3, -0.25) is 4.90 Å². The Morgan fingerprint density at radius 1 is 1.41 bits per heavy atom. The van der Waals surface area contributed by atoms with E-state index in [4.69, 9.17) is 9.26 Å². The fraction of sp³-hybridized carbons (Fsp3) is 0.429. The van der Waals surface area contributed by atoms with Gasteiger partial charge in [0.15, 0.2) is 12.4 Å². The summed E-state index contributed by atoms with van der Waals surface area (Å²) in [4.78, 5) is 6.65. The Kier molecular flexibility index (Phi) is 6.19. The minimum Gasteiger partial charge on any atom is -0.484 e. The lowest BCUT2D eigenvalue weighted by molar-refractivity contribution is 0.189. The zero-order chi connectivity index (χ0) is 14.7. The smallest absolute Gasteiger partial charge is 0.264 e. The van der Waals surface area contributed by atoms with E-state index in [-0.39, 0.29) is 25.1 Å². The van der Waals surface area contributed by atoms with Gasteiger partial charge in [-0.05, 0) is 31.3 Å². The van der Waals surface area contributed by atoms with Crippen molar-refractivity contribution in [2.45, 2.75) is 12.6 Å². The number of aromatic nitrogens is 2. The van der Waals surface area contributed by atoms with E-state index in [1.165, 1.54) is 0 Å². The SMILES string of the molecule is CN1CCNCC1c1noc(COc2ccc(Br)cc2)n1.Cl. The molecule has 1 aromatic heterocycles. The highest BCUT2D eigenvalue weighted by molar-refractivity contribution is 9.10. The normalized spacial score (nSPS) is 18.7. The molecule has 0 spiro atoms. The summed E-state index contributed by atoms with van der Waals surface area (Å²) in [7, 11) is 2.07. The van der Waals surface area contributed by atoms with E-state index in [0.717, 1.165) is 29.9 Å². The molecule has 2 heterocycles. The number of halogens is 2. The maximum absolute atomic E-state index is 5.63. The molecule has 0 amide bonds. The third-order valence-corrected chi connectivity index (χ3v) is 4.00. The van der Waals surface area contributed by atoms with E-state index in [2.05, 4.69) is 43.3 Å². The van der Waals surface area contributed by atoms with Crippen molar-refractivity contribution in [3.05, 3.63) is 40.5 Å². The molecular weight excluding hydrogens is 372 g/mol. The first kappa shape index (κ1) is 17.2. The number of likely N-dealkylation sites (N-methyl/N-ethyl adjacent to an activating group) is 1. The summed E-state index contributed by atoms with van der Waals surface area (Å²) in [6.07, 6.45) is 0. The van der Waals surface area contributed by atoms with Crippen molar-refractivity contribution in [2.24, 2.45) is 0 Å². The number of hydrogen-bond acceptors (Lipinski definition) is 6. The first-order valence-electron chi connectivity index (χ1n) is 6.84. The van der Waals surface area contributed by atoms with Gasteiger partial charge in [-0.1, -0.05) is 21.1 Å². The van der Waals surface area contributed by atoms with Crippen molar-refractivity contribution in [1.29, 1.82) is 0 Å². The van der Waals surface area contributed by atoms with Crippen molar-refractivity contribution in [3.8, 4) is 5.75 Å². The Labute approximate surface area is 143 Å². The van der Waals surface area contributed by atoms with Gasteiger partial charge in [-0.25, -0.2) is 0 Å². The molecular formula is C14H18BrClN4O2. The molecule has 1 saturated heterocycles. The minimum absolute atomic E-state index is 0. The topological polar surface area (TPSA) is 63.4 Å². The Morgan fingerprint density at radius 3 is 2.91 bits per heavy atom. The van der Waals surface area contributed by atoms with E-state index >= 15 is 0 Å². The van der Waals surface area contributed by atoms with Crippen LogP contribution in [-0.2, 0) is 6.61 Å². The molecule has 0 saturated carbocycles. The second-order valence-electron chi connectivity index (χ2n) is 4.99. The van der Waals surface area contributed by atoms with Crippen LogP contribution in [0.4, 0.5) is 0 Å². The largest absolute Gasteiger partial charge is 0.484 e. The lowest BCUT2D eigenvalue weighted by atomic mass is 10.2. The molecule has 0 bridgehead atoms. The molecule has 22 heavy (non-hydrogen) atoms. The van der Waals surface area contributed by atoms with Crippen LogP contribution in [0.5, 0.6) is 5.75 Å². The minimum atomic E-state index is 0. The van der Waals surface area contributed by atoms with Gasteiger partial charge in [-0.15, -0.1) is 12.4 Å². The second-order valence-corrected chi connectivity index (χ2v) is 5.91. The molecule has 1 aromatic carbocycles. The molecule has 1 fully saturated rings. The monoisotopic (exact) mass is 388 g/mol. The second kappa shape index (κ2) is 7.92. The van der Waals surface area contributed by atoms with Crippen LogP contribution in [-0.4, -0.2) is 41.7 Å². The number of nitrogens with one attached hydrogen (secondary N) is 1. The molecule has 1 aliphatic heterocycles. The molecule has 8 heteroatoms. The van der Waals surface area contributed by atoms with Crippen LogP contribution >= 0.6 is 28.3 Å². The Balaban J connectivity index is 0.00000176. The summed E-state index contributed by atoms with van der Waals surface area (Å²) in [5.74, 6) is 1.97. The summed E-state index contributed by atoms with van der Waals surface area (Å²) >= 11 is 3.39. The molecule has 0 aliphatic carbocycles. The van der Waals surface area contributed by atoms with Crippen LogP contribution in [0.25, 0.3) is 0 Å². The van der Waals surface area contributed by atoms with Crippen molar-refractivity contribution in [1.82, 2.24) is 20.4 Å². The summed E-state index contributed by atoms with van der Waals surface area (Å²) < 4.78 is 11.9. The summed E-state index contributed by atoms with van der Waals surface area (Å²) in [5, 5.41) is 7.40. The lowest BCUT2D eigenvalue weighted by Crippen LogP contribution is -2.44. The van der Waals surface area contributed by atoms with Crippen molar-refractivity contribution in [3.63, 3.8) is 0 Å². The first-order valence-corrected chi connectivity index (χ1v) is 7.63. The number of rotatable bonds is 4. The third-order valence-electron chi connectivity index (χ3n) is 3.47. The van der Waals surface area contributed by atoms with E-state index in [9.17, 15) is 0 Å². The molecule has 120 valence electrons. The molecule has 1 N–H and O–H groups in total. The predicted octanol–water partition coefficient (Wildman–Crippen LogP) is 2.41. The van der Waals surface area contributed by atoms with Gasteiger partial charge in [0.1, 0.15) is 5.75 Å². The van der Waals surface area contributed by atoms with Crippen molar-refractivity contribution in [2.75, 3.05) is 26.7 Å². The number of hydrogen-bond donors (Lipinski definition) is 1.